The number of rotatable bonds is 6. The van der Waals surface area contributed by atoms with Gasteiger partial charge in [0.05, 0.1) is 6.61 Å². The van der Waals surface area contributed by atoms with Gasteiger partial charge >= 0.3 is 0 Å². The molecule has 2 aromatic rings. The summed E-state index contributed by atoms with van der Waals surface area (Å²) in [7, 11) is 0. The number of ether oxygens (including phenoxy) is 1. The van der Waals surface area contributed by atoms with E-state index in [2.05, 4.69) is 10.3 Å². The number of amidine groups is 1. The molecule has 1 N–H and O–H groups in total. The SMILES string of the molecule is CCOc1ccccc1/C=C/C(=O)c1ccc(NC2=NCCCS2)cc1. The van der Waals surface area contributed by atoms with Crippen molar-refractivity contribution in [3.63, 3.8) is 0 Å². The normalized spacial score (nSPS) is 14.1. The topological polar surface area (TPSA) is 50.7 Å². The van der Waals surface area contributed by atoms with E-state index in [0.29, 0.717) is 12.2 Å². The lowest BCUT2D eigenvalue weighted by Crippen LogP contribution is -2.13. The fourth-order valence-electron chi connectivity index (χ4n) is 2.54. The van der Waals surface area contributed by atoms with Crippen LogP contribution in [0.5, 0.6) is 5.75 Å². The van der Waals surface area contributed by atoms with E-state index in [0.717, 1.165) is 40.9 Å². The van der Waals surface area contributed by atoms with Gasteiger partial charge in [-0.15, -0.1) is 0 Å². The smallest absolute Gasteiger partial charge is 0.185 e. The number of anilines is 1. The summed E-state index contributed by atoms with van der Waals surface area (Å²) in [4.78, 5) is 16.9. The summed E-state index contributed by atoms with van der Waals surface area (Å²) in [5.74, 6) is 1.84. The Labute approximate surface area is 158 Å². The molecular formula is C21H22N2O2S. The first kappa shape index (κ1) is 18.3. The second kappa shape index (κ2) is 9.25. The molecule has 0 radical (unpaired) electrons. The van der Waals surface area contributed by atoms with Crippen LogP contribution in [-0.4, -0.2) is 29.9 Å². The predicted octanol–water partition coefficient (Wildman–Crippen LogP) is 4.89. The standard InChI is InChI=1S/C21H22N2O2S/c1-2-25-20-7-4-3-6-17(20)10-13-19(24)16-8-11-18(12-9-16)23-21-22-14-5-15-26-21/h3-4,6-13H,2,5,14-15H2,1H3,(H,22,23)/b13-10+. The van der Waals surface area contributed by atoms with E-state index < -0.39 is 0 Å². The van der Waals surface area contributed by atoms with Crippen LogP contribution < -0.4 is 10.1 Å². The molecule has 26 heavy (non-hydrogen) atoms. The molecule has 134 valence electrons. The summed E-state index contributed by atoms with van der Waals surface area (Å²) in [6.45, 7) is 3.41. The molecule has 0 spiro atoms. The Morgan fingerprint density at radius 3 is 2.77 bits per heavy atom. The van der Waals surface area contributed by atoms with Crippen LogP contribution in [0.3, 0.4) is 0 Å². The number of hydrogen-bond donors (Lipinski definition) is 1. The summed E-state index contributed by atoms with van der Waals surface area (Å²) in [5.41, 5.74) is 2.49. The zero-order valence-corrected chi connectivity index (χ0v) is 15.6. The summed E-state index contributed by atoms with van der Waals surface area (Å²) >= 11 is 1.73. The Hall–Kier alpha value is -2.53. The molecule has 5 heteroatoms. The van der Waals surface area contributed by atoms with Crippen molar-refractivity contribution < 1.29 is 9.53 Å². The first-order valence-corrected chi connectivity index (χ1v) is 9.73. The third kappa shape index (κ3) is 4.99. The number of aliphatic imine (C=N–C) groups is 1. The van der Waals surface area contributed by atoms with Crippen molar-refractivity contribution in [2.75, 3.05) is 24.2 Å². The maximum atomic E-state index is 12.4. The van der Waals surface area contributed by atoms with E-state index in [1.807, 2.05) is 55.5 Å². The highest BCUT2D eigenvalue weighted by molar-refractivity contribution is 8.14. The molecule has 3 rings (SSSR count). The van der Waals surface area contributed by atoms with Crippen molar-refractivity contribution in [2.45, 2.75) is 13.3 Å². The largest absolute Gasteiger partial charge is 0.493 e. The molecule has 0 aliphatic carbocycles. The lowest BCUT2D eigenvalue weighted by molar-refractivity contribution is 0.104. The lowest BCUT2D eigenvalue weighted by atomic mass is 10.1. The van der Waals surface area contributed by atoms with Crippen LogP contribution in [0.25, 0.3) is 6.08 Å². The van der Waals surface area contributed by atoms with Crippen molar-refractivity contribution in [2.24, 2.45) is 4.99 Å². The number of para-hydroxylation sites is 1. The fourth-order valence-corrected chi connectivity index (χ4v) is 3.38. The van der Waals surface area contributed by atoms with Gasteiger partial charge < -0.3 is 10.1 Å². The van der Waals surface area contributed by atoms with Gasteiger partial charge in [-0.3, -0.25) is 9.79 Å². The van der Waals surface area contributed by atoms with E-state index in [4.69, 9.17) is 4.74 Å². The van der Waals surface area contributed by atoms with Crippen LogP contribution >= 0.6 is 11.8 Å². The Balaban J connectivity index is 1.65. The molecule has 0 aromatic heterocycles. The minimum atomic E-state index is -0.0350. The summed E-state index contributed by atoms with van der Waals surface area (Å²) in [6, 6.07) is 15.2. The minimum absolute atomic E-state index is 0.0350. The van der Waals surface area contributed by atoms with Crippen LogP contribution in [0.1, 0.15) is 29.3 Å². The van der Waals surface area contributed by atoms with E-state index >= 15 is 0 Å². The van der Waals surface area contributed by atoms with Gasteiger partial charge in [0.25, 0.3) is 0 Å². The zero-order valence-electron chi connectivity index (χ0n) is 14.8. The maximum Gasteiger partial charge on any atom is 0.185 e. The molecule has 0 fully saturated rings. The Bertz CT molecular complexity index is 813. The monoisotopic (exact) mass is 366 g/mol. The first-order chi connectivity index (χ1) is 12.8. The molecule has 2 aromatic carbocycles. The van der Waals surface area contributed by atoms with Gasteiger partial charge in [-0.05, 0) is 55.8 Å². The Morgan fingerprint density at radius 2 is 2.04 bits per heavy atom. The van der Waals surface area contributed by atoms with Crippen LogP contribution in [0.15, 0.2) is 59.6 Å². The molecule has 1 aliphatic rings. The van der Waals surface area contributed by atoms with Gasteiger partial charge in [0.1, 0.15) is 5.75 Å². The average Bonchev–Trinajstić information content (AvgIpc) is 2.69. The number of ketones is 1. The molecule has 1 heterocycles. The summed E-state index contributed by atoms with van der Waals surface area (Å²) in [6.07, 6.45) is 4.51. The number of carbonyl (C=O) groups is 1. The van der Waals surface area contributed by atoms with E-state index in [9.17, 15) is 4.79 Å². The highest BCUT2D eigenvalue weighted by Gasteiger charge is 2.07. The minimum Gasteiger partial charge on any atom is -0.493 e. The van der Waals surface area contributed by atoms with Crippen molar-refractivity contribution in [3.05, 3.63) is 65.7 Å². The molecule has 0 amide bonds. The molecule has 0 saturated heterocycles. The molecule has 0 bridgehead atoms. The lowest BCUT2D eigenvalue weighted by Gasteiger charge is -2.13. The van der Waals surface area contributed by atoms with Crippen LogP contribution in [0, 0.1) is 0 Å². The predicted molar refractivity (Wildman–Crippen MR) is 110 cm³/mol. The molecule has 4 nitrogen and oxygen atoms in total. The van der Waals surface area contributed by atoms with Crippen LogP contribution in [0.4, 0.5) is 5.69 Å². The van der Waals surface area contributed by atoms with Gasteiger partial charge in [0, 0.05) is 29.1 Å². The number of hydrogen-bond acceptors (Lipinski definition) is 5. The van der Waals surface area contributed by atoms with Gasteiger partial charge in [-0.25, -0.2) is 0 Å². The van der Waals surface area contributed by atoms with Crippen molar-refractivity contribution >= 4 is 34.5 Å². The fraction of sp³-hybridized carbons (Fsp3) is 0.238. The maximum absolute atomic E-state index is 12.4. The molecule has 0 saturated carbocycles. The highest BCUT2D eigenvalue weighted by atomic mass is 32.2. The van der Waals surface area contributed by atoms with Crippen molar-refractivity contribution in [1.29, 1.82) is 0 Å². The summed E-state index contributed by atoms with van der Waals surface area (Å²) < 4.78 is 5.58. The number of thioether (sulfide) groups is 1. The van der Waals surface area contributed by atoms with E-state index in [1.54, 1.807) is 23.9 Å². The number of benzene rings is 2. The summed E-state index contributed by atoms with van der Waals surface area (Å²) in [5, 5.41) is 4.24. The second-order valence-corrected chi connectivity index (χ2v) is 6.84. The first-order valence-electron chi connectivity index (χ1n) is 8.75. The third-order valence-electron chi connectivity index (χ3n) is 3.85. The second-order valence-electron chi connectivity index (χ2n) is 5.76. The van der Waals surface area contributed by atoms with E-state index in [1.165, 1.54) is 0 Å². The van der Waals surface area contributed by atoms with Gasteiger partial charge in [0.15, 0.2) is 11.0 Å². The molecule has 1 aliphatic heterocycles. The van der Waals surface area contributed by atoms with Crippen molar-refractivity contribution in [3.8, 4) is 5.75 Å². The highest BCUT2D eigenvalue weighted by Crippen LogP contribution is 2.20. The van der Waals surface area contributed by atoms with Gasteiger partial charge in [-0.2, -0.15) is 0 Å². The quantitative estimate of drug-likeness (QED) is 0.584. The van der Waals surface area contributed by atoms with Gasteiger partial charge in [0.2, 0.25) is 0 Å². The average molecular weight is 366 g/mol. The Morgan fingerprint density at radius 1 is 1.23 bits per heavy atom. The number of nitrogens with one attached hydrogen (secondary N) is 1. The third-order valence-corrected chi connectivity index (χ3v) is 4.85. The van der Waals surface area contributed by atoms with Crippen molar-refractivity contribution in [1.82, 2.24) is 0 Å². The van der Waals surface area contributed by atoms with Crippen LogP contribution in [0.2, 0.25) is 0 Å². The van der Waals surface area contributed by atoms with Crippen LogP contribution in [-0.2, 0) is 0 Å². The number of carbonyl (C=O) groups excluding carboxylic acids is 1. The van der Waals surface area contributed by atoms with E-state index in [-0.39, 0.29) is 5.78 Å². The Kier molecular flexibility index (Phi) is 6.50. The molecular weight excluding hydrogens is 344 g/mol. The molecule has 0 unspecified atom stereocenters. The zero-order chi connectivity index (χ0) is 18.2. The number of nitrogens with zero attached hydrogens (tertiary/aromatic N) is 1. The number of allylic oxidation sites excluding steroid dienone is 1. The molecule has 0 atom stereocenters. The van der Waals surface area contributed by atoms with Gasteiger partial charge in [-0.1, -0.05) is 30.0 Å².